The summed E-state index contributed by atoms with van der Waals surface area (Å²) in [6.45, 7) is 15.4. The molecule has 0 aliphatic heterocycles. The molecule has 226 valence electrons. The maximum atomic E-state index is 11.6. The fourth-order valence-electron chi connectivity index (χ4n) is 4.29. The van der Waals surface area contributed by atoms with Crippen molar-refractivity contribution in [3.63, 3.8) is 0 Å². The first-order valence-electron chi connectivity index (χ1n) is 13.7. The van der Waals surface area contributed by atoms with Crippen molar-refractivity contribution in [3.05, 3.63) is 121 Å². The number of rotatable bonds is 4. The molecule has 0 radical (unpaired) electrons. The number of alkyl halides is 1. The fraction of sp³-hybridized carbons (Fsp3) is 0.257. The number of ketones is 2. The zero-order valence-electron chi connectivity index (χ0n) is 26.6. The van der Waals surface area contributed by atoms with Crippen molar-refractivity contribution in [2.24, 2.45) is 0 Å². The molecule has 0 amide bonds. The highest BCUT2D eigenvalue weighted by Gasteiger charge is 2.10. The van der Waals surface area contributed by atoms with Crippen molar-refractivity contribution in [2.75, 3.05) is 7.15 Å². The van der Waals surface area contributed by atoms with Crippen LogP contribution >= 0.6 is 47.0 Å². The van der Waals surface area contributed by atoms with Gasteiger partial charge in [-0.25, -0.2) is 0 Å². The molecule has 0 saturated carbocycles. The number of carbonyl (C=O) groups is 2. The van der Waals surface area contributed by atoms with Crippen molar-refractivity contribution < 1.29 is 20.8 Å². The van der Waals surface area contributed by atoms with Crippen LogP contribution < -0.4 is 0 Å². The van der Waals surface area contributed by atoms with Crippen molar-refractivity contribution in [2.45, 2.75) is 70.1 Å². The predicted octanol–water partition coefficient (Wildman–Crippen LogP) is 10.1. The van der Waals surface area contributed by atoms with Gasteiger partial charge in [-0.15, -0.1) is 12.6 Å². The summed E-state index contributed by atoms with van der Waals surface area (Å²) in [4.78, 5) is 26.2. The SMILES string of the molecule is CC(=O)c1c(C)cc(I)cc1C.CC(=O)c1c(C)cc(Sc2ccc(C)cc2)cc1C.Cc1ccc(S)cc1.O.[2H]CF. The highest BCUT2D eigenvalue weighted by atomic mass is 127. The number of halogens is 2. The van der Waals surface area contributed by atoms with Gasteiger partial charge in [0.1, 0.15) is 0 Å². The molecule has 42 heavy (non-hydrogen) atoms. The average Bonchev–Trinajstić information content (AvgIpc) is 2.87. The van der Waals surface area contributed by atoms with Gasteiger partial charge < -0.3 is 5.48 Å². The normalized spacial score (nSPS) is 9.83. The fourth-order valence-corrected chi connectivity index (χ4v) is 6.39. The number of aryl methyl sites for hydroxylation is 6. The highest BCUT2D eigenvalue weighted by molar-refractivity contribution is 14.1. The molecule has 4 aromatic carbocycles. The monoisotopic (exact) mass is 721 g/mol. The lowest BCUT2D eigenvalue weighted by atomic mass is 10.0. The van der Waals surface area contributed by atoms with Gasteiger partial charge >= 0.3 is 0 Å². The van der Waals surface area contributed by atoms with E-state index in [1.807, 2.05) is 64.1 Å². The van der Waals surface area contributed by atoms with Gasteiger partial charge in [-0.3, -0.25) is 14.0 Å². The maximum absolute atomic E-state index is 11.6. The van der Waals surface area contributed by atoms with E-state index in [4.69, 9.17) is 1.37 Å². The van der Waals surface area contributed by atoms with Gasteiger partial charge in [0.25, 0.3) is 0 Å². The van der Waals surface area contributed by atoms with E-state index >= 15 is 0 Å². The second-order valence-corrected chi connectivity index (χ2v) is 12.6. The summed E-state index contributed by atoms with van der Waals surface area (Å²) in [7, 11) is -1.00. The van der Waals surface area contributed by atoms with Gasteiger partial charge in [-0.1, -0.05) is 47.2 Å². The standard InChI is InChI=1S/C17H18OS.C10H11IO.C7H8S.CH3F.H2O/c1-11-5-7-15(8-6-11)19-16-9-12(2)17(14(4)18)13(3)10-16;1-6-4-9(11)5-7(2)10(6)8(3)12;1-6-2-4-7(8)5-3-6;1-2;/h5-10H,1-4H3;4-5H,1-3H3;2-5,8H,1H3;1H3;1H2/i;;;1D;. The minimum absolute atomic E-state index is 0. The Bertz CT molecular complexity index is 1410. The van der Waals surface area contributed by atoms with Gasteiger partial charge in [-0.05, 0) is 149 Å². The Morgan fingerprint density at radius 1 is 0.690 bits per heavy atom. The zero-order chi connectivity index (χ0) is 32.0. The van der Waals surface area contributed by atoms with Crippen LogP contribution in [0.2, 0.25) is 0 Å². The number of benzene rings is 4. The van der Waals surface area contributed by atoms with Crippen LogP contribution in [0.4, 0.5) is 4.39 Å². The first-order chi connectivity index (χ1) is 19.7. The molecule has 0 bridgehead atoms. The molecule has 0 heterocycles. The van der Waals surface area contributed by atoms with E-state index in [2.05, 4.69) is 85.5 Å². The van der Waals surface area contributed by atoms with Crippen LogP contribution in [0.3, 0.4) is 0 Å². The van der Waals surface area contributed by atoms with E-state index in [0.29, 0.717) is 0 Å². The van der Waals surface area contributed by atoms with Gasteiger partial charge in [-0.2, -0.15) is 0 Å². The van der Waals surface area contributed by atoms with Gasteiger partial charge in [0, 0.05) is 29.4 Å². The summed E-state index contributed by atoms with van der Waals surface area (Å²) >= 11 is 8.13. The molecule has 0 aliphatic rings. The summed E-state index contributed by atoms with van der Waals surface area (Å²) in [6, 6.07) is 24.8. The van der Waals surface area contributed by atoms with Crippen molar-refractivity contribution >= 4 is 58.5 Å². The van der Waals surface area contributed by atoms with E-state index in [1.165, 1.54) is 24.5 Å². The topological polar surface area (TPSA) is 65.6 Å². The predicted molar refractivity (Wildman–Crippen MR) is 189 cm³/mol. The second kappa shape index (κ2) is 19.7. The van der Waals surface area contributed by atoms with Gasteiger partial charge in [0.2, 0.25) is 0 Å². The molecule has 0 saturated heterocycles. The number of Topliss-reactive ketones (excluding diaryl/α,β-unsaturated/α-hetero) is 2. The van der Waals surface area contributed by atoms with Crippen LogP contribution in [0.5, 0.6) is 0 Å². The molecule has 3 nitrogen and oxygen atoms in total. The molecule has 0 fully saturated rings. The van der Waals surface area contributed by atoms with Crippen LogP contribution in [0, 0.1) is 45.1 Å². The van der Waals surface area contributed by atoms with Gasteiger partial charge in [0.05, 0.1) is 8.52 Å². The van der Waals surface area contributed by atoms with E-state index in [1.54, 1.807) is 25.6 Å². The third kappa shape index (κ3) is 13.2. The largest absolute Gasteiger partial charge is 0.412 e. The molecule has 0 spiro atoms. The Morgan fingerprint density at radius 3 is 1.36 bits per heavy atom. The zero-order valence-corrected chi connectivity index (χ0v) is 29.4. The first-order valence-corrected chi connectivity index (χ1v) is 15.3. The maximum Gasteiger partial charge on any atom is 0.160 e. The molecular weight excluding hydrogens is 678 g/mol. The van der Waals surface area contributed by atoms with Crippen LogP contribution in [-0.4, -0.2) is 24.2 Å². The van der Waals surface area contributed by atoms with E-state index in [0.717, 1.165) is 38.3 Å². The third-order valence-corrected chi connectivity index (χ3v) is 7.90. The molecule has 4 aromatic rings. The molecule has 7 heteroatoms. The van der Waals surface area contributed by atoms with Crippen LogP contribution in [-0.2, 0) is 0 Å². The third-order valence-electron chi connectivity index (χ3n) is 6.00. The second-order valence-electron chi connectivity index (χ2n) is 9.71. The molecule has 4 rings (SSSR count). The first kappa shape index (κ1) is 37.6. The Balaban J connectivity index is 0.000000630. The minimum atomic E-state index is -1.00. The van der Waals surface area contributed by atoms with Crippen molar-refractivity contribution in [3.8, 4) is 0 Å². The van der Waals surface area contributed by atoms with Gasteiger partial charge in [0.15, 0.2) is 11.6 Å². The molecule has 0 atom stereocenters. The van der Waals surface area contributed by atoms with E-state index in [-0.39, 0.29) is 17.0 Å². The lowest BCUT2D eigenvalue weighted by Gasteiger charge is -2.10. The lowest BCUT2D eigenvalue weighted by molar-refractivity contribution is 0.100. The summed E-state index contributed by atoms with van der Waals surface area (Å²) < 4.78 is 16.7. The highest BCUT2D eigenvalue weighted by Crippen LogP contribution is 2.31. The quantitative estimate of drug-likeness (QED) is 0.130. The molecule has 0 aromatic heterocycles. The van der Waals surface area contributed by atoms with Crippen molar-refractivity contribution in [1.29, 1.82) is 0 Å². The molecular formula is C35H42FIO3S2. The van der Waals surface area contributed by atoms with Crippen LogP contribution in [0.15, 0.2) is 87.5 Å². The Kier molecular flexibility index (Phi) is 17.6. The molecule has 0 unspecified atom stereocenters. The summed E-state index contributed by atoms with van der Waals surface area (Å²) in [5.41, 5.74) is 8.54. The average molecular weight is 722 g/mol. The van der Waals surface area contributed by atoms with Crippen LogP contribution in [0.25, 0.3) is 0 Å². The Hall–Kier alpha value is -2.46. The number of thiol groups is 1. The Labute approximate surface area is 276 Å². The lowest BCUT2D eigenvalue weighted by Crippen LogP contribution is -2.00. The summed E-state index contributed by atoms with van der Waals surface area (Å²) in [6.07, 6.45) is 0. The molecule has 2 N–H and O–H groups in total. The number of carbonyl (C=O) groups excluding carboxylic acids is 2. The smallest absolute Gasteiger partial charge is 0.160 e. The van der Waals surface area contributed by atoms with Crippen LogP contribution in [0.1, 0.15) is 69.3 Å². The molecule has 0 aliphatic carbocycles. The Morgan fingerprint density at radius 2 is 1.02 bits per heavy atom. The van der Waals surface area contributed by atoms with E-state index in [9.17, 15) is 14.0 Å². The summed E-state index contributed by atoms with van der Waals surface area (Å²) in [5, 5.41) is 0. The van der Waals surface area contributed by atoms with Crippen molar-refractivity contribution in [1.82, 2.24) is 0 Å². The minimum Gasteiger partial charge on any atom is -0.412 e. The summed E-state index contributed by atoms with van der Waals surface area (Å²) in [5.74, 6) is 0.295. The number of hydrogen-bond acceptors (Lipinski definition) is 4. The number of hydrogen-bond donors (Lipinski definition) is 1. The van der Waals surface area contributed by atoms with E-state index < -0.39 is 7.15 Å².